The topological polar surface area (TPSA) is 41.6 Å². The molecule has 0 atom stereocenters. The van der Waals surface area contributed by atoms with Crippen LogP contribution < -0.4 is 0 Å². The van der Waals surface area contributed by atoms with Crippen LogP contribution in [-0.2, 0) is 0 Å². The largest absolute Gasteiger partial charge is 0.277 e. The smallest absolute Gasteiger partial charge is 0.1000 e. The first-order chi connectivity index (χ1) is 7.76. The van der Waals surface area contributed by atoms with Gasteiger partial charge >= 0.3 is 0 Å². The highest BCUT2D eigenvalue weighted by Gasteiger charge is 2.10. The molecule has 0 spiro atoms. The minimum Gasteiger partial charge on any atom is -0.277 e. The highest BCUT2D eigenvalue weighted by atomic mass is 15.1. The van der Waals surface area contributed by atoms with Gasteiger partial charge in [0.2, 0.25) is 0 Å². The van der Waals surface area contributed by atoms with Crippen LogP contribution >= 0.6 is 0 Å². The van der Waals surface area contributed by atoms with Crippen molar-refractivity contribution in [3.05, 3.63) is 48.4 Å². The van der Waals surface area contributed by atoms with E-state index in [1.54, 1.807) is 18.3 Å². The van der Waals surface area contributed by atoms with E-state index in [9.17, 15) is 0 Å². The van der Waals surface area contributed by atoms with Gasteiger partial charge in [-0.2, -0.15) is 5.10 Å². The molecule has 2 heterocycles. The van der Waals surface area contributed by atoms with E-state index >= 15 is 0 Å². The Kier molecular flexibility index (Phi) is 2.68. The number of aromatic nitrogens is 3. The Morgan fingerprint density at radius 2 is 2.12 bits per heavy atom. The monoisotopic (exact) mass is 211 g/mol. The molecule has 0 amide bonds. The van der Waals surface area contributed by atoms with Crippen molar-refractivity contribution in [1.82, 2.24) is 15.2 Å². The predicted octanol–water partition coefficient (Wildman–Crippen LogP) is 3.07. The van der Waals surface area contributed by atoms with Crippen LogP contribution in [0.5, 0.6) is 0 Å². The standard InChI is InChI=1S/C13H13N3/c1-4-11-12(5-2)15-16-13(11)10-6-7-14-9(3)8-10/h4-8H,1-2H2,3H3,(H,15,16). The van der Waals surface area contributed by atoms with Crippen LogP contribution in [0.25, 0.3) is 23.4 Å². The maximum atomic E-state index is 4.27. The summed E-state index contributed by atoms with van der Waals surface area (Å²) in [6.45, 7) is 9.49. The Balaban J connectivity index is 2.60. The molecule has 0 aliphatic rings. The Hall–Kier alpha value is -2.16. The van der Waals surface area contributed by atoms with E-state index in [0.29, 0.717) is 0 Å². The number of aryl methyl sites for hydroxylation is 1. The maximum Gasteiger partial charge on any atom is 0.1000 e. The molecule has 0 unspecified atom stereocenters. The first-order valence-corrected chi connectivity index (χ1v) is 5.02. The molecule has 3 heteroatoms. The summed E-state index contributed by atoms with van der Waals surface area (Å²) in [6.07, 6.45) is 5.30. The minimum absolute atomic E-state index is 0.885. The van der Waals surface area contributed by atoms with E-state index < -0.39 is 0 Å². The van der Waals surface area contributed by atoms with Gasteiger partial charge < -0.3 is 0 Å². The third kappa shape index (κ3) is 1.67. The molecule has 0 bridgehead atoms. The summed E-state index contributed by atoms with van der Waals surface area (Å²) >= 11 is 0. The quantitative estimate of drug-likeness (QED) is 0.847. The van der Waals surface area contributed by atoms with E-state index in [1.165, 1.54) is 0 Å². The Morgan fingerprint density at radius 3 is 2.75 bits per heavy atom. The van der Waals surface area contributed by atoms with Crippen molar-refractivity contribution in [3.63, 3.8) is 0 Å². The highest BCUT2D eigenvalue weighted by Crippen LogP contribution is 2.25. The molecule has 0 radical (unpaired) electrons. The zero-order chi connectivity index (χ0) is 11.5. The normalized spacial score (nSPS) is 10.1. The molecule has 3 nitrogen and oxygen atoms in total. The average Bonchev–Trinajstić information content (AvgIpc) is 2.71. The zero-order valence-corrected chi connectivity index (χ0v) is 9.20. The molecule has 2 aromatic rings. The average molecular weight is 211 g/mol. The van der Waals surface area contributed by atoms with Crippen LogP contribution in [0.3, 0.4) is 0 Å². The fraction of sp³-hybridized carbons (Fsp3) is 0.0769. The van der Waals surface area contributed by atoms with Crippen LogP contribution in [0.4, 0.5) is 0 Å². The second-order valence-corrected chi connectivity index (χ2v) is 3.49. The molecule has 0 fully saturated rings. The molecule has 1 N–H and O–H groups in total. The molecular formula is C13H13N3. The summed E-state index contributed by atoms with van der Waals surface area (Å²) in [5.41, 5.74) is 4.75. The summed E-state index contributed by atoms with van der Waals surface area (Å²) in [5.74, 6) is 0. The molecule has 0 saturated carbocycles. The van der Waals surface area contributed by atoms with E-state index in [-0.39, 0.29) is 0 Å². The van der Waals surface area contributed by atoms with Gasteiger partial charge in [0, 0.05) is 23.0 Å². The number of H-pyrrole nitrogens is 1. The number of rotatable bonds is 3. The number of aromatic amines is 1. The summed E-state index contributed by atoms with van der Waals surface area (Å²) in [6, 6.07) is 3.93. The predicted molar refractivity (Wildman–Crippen MR) is 66.7 cm³/mol. The Labute approximate surface area is 94.6 Å². The molecule has 16 heavy (non-hydrogen) atoms. The number of hydrogen-bond acceptors (Lipinski definition) is 2. The second kappa shape index (κ2) is 4.14. The lowest BCUT2D eigenvalue weighted by Gasteiger charge is -2.00. The molecule has 80 valence electrons. The van der Waals surface area contributed by atoms with E-state index in [2.05, 4.69) is 28.3 Å². The molecule has 0 aromatic carbocycles. The van der Waals surface area contributed by atoms with Crippen molar-refractivity contribution in [2.45, 2.75) is 6.92 Å². The van der Waals surface area contributed by atoms with E-state index in [1.807, 2.05) is 19.1 Å². The Morgan fingerprint density at radius 1 is 1.31 bits per heavy atom. The van der Waals surface area contributed by atoms with Crippen LogP contribution in [0.15, 0.2) is 31.5 Å². The van der Waals surface area contributed by atoms with Crippen molar-refractivity contribution in [2.75, 3.05) is 0 Å². The lowest BCUT2D eigenvalue weighted by atomic mass is 10.1. The van der Waals surface area contributed by atoms with Gasteiger partial charge in [0.15, 0.2) is 0 Å². The maximum absolute atomic E-state index is 4.27. The molecule has 0 aliphatic carbocycles. The van der Waals surface area contributed by atoms with Crippen molar-refractivity contribution < 1.29 is 0 Å². The van der Waals surface area contributed by atoms with Gasteiger partial charge in [0.05, 0.1) is 11.4 Å². The van der Waals surface area contributed by atoms with Crippen molar-refractivity contribution >= 4 is 12.2 Å². The van der Waals surface area contributed by atoms with Gasteiger partial charge in [0.1, 0.15) is 0 Å². The van der Waals surface area contributed by atoms with Gasteiger partial charge in [-0.25, -0.2) is 0 Å². The third-order valence-electron chi connectivity index (χ3n) is 2.41. The summed E-state index contributed by atoms with van der Waals surface area (Å²) < 4.78 is 0. The third-order valence-corrected chi connectivity index (χ3v) is 2.41. The second-order valence-electron chi connectivity index (χ2n) is 3.49. The van der Waals surface area contributed by atoms with Crippen LogP contribution in [0.1, 0.15) is 17.0 Å². The molecule has 0 aliphatic heterocycles. The number of nitrogens with one attached hydrogen (secondary N) is 1. The van der Waals surface area contributed by atoms with Crippen molar-refractivity contribution in [3.8, 4) is 11.3 Å². The lowest BCUT2D eigenvalue weighted by Crippen LogP contribution is -1.85. The molecule has 2 aromatic heterocycles. The van der Waals surface area contributed by atoms with Crippen LogP contribution in [-0.4, -0.2) is 15.2 Å². The summed E-state index contributed by atoms with van der Waals surface area (Å²) in [4.78, 5) is 4.16. The van der Waals surface area contributed by atoms with Gasteiger partial charge in [-0.3, -0.25) is 10.1 Å². The van der Waals surface area contributed by atoms with Gasteiger partial charge in [0.25, 0.3) is 0 Å². The van der Waals surface area contributed by atoms with Gasteiger partial charge in [-0.1, -0.05) is 19.2 Å². The summed E-state index contributed by atoms with van der Waals surface area (Å²) in [5, 5.41) is 7.21. The first kappa shape index (κ1) is 10.4. The van der Waals surface area contributed by atoms with E-state index in [0.717, 1.165) is 28.2 Å². The van der Waals surface area contributed by atoms with Crippen molar-refractivity contribution in [1.29, 1.82) is 0 Å². The fourth-order valence-corrected chi connectivity index (χ4v) is 1.64. The summed E-state index contributed by atoms with van der Waals surface area (Å²) in [7, 11) is 0. The minimum atomic E-state index is 0.885. The first-order valence-electron chi connectivity index (χ1n) is 5.02. The number of nitrogens with zero attached hydrogens (tertiary/aromatic N) is 2. The SMILES string of the molecule is C=Cc1[nH]nc(-c2ccnc(C)c2)c1C=C. The Bertz CT molecular complexity index is 538. The lowest BCUT2D eigenvalue weighted by molar-refractivity contribution is 1.08. The zero-order valence-electron chi connectivity index (χ0n) is 9.20. The number of pyridine rings is 1. The fourth-order valence-electron chi connectivity index (χ4n) is 1.64. The number of hydrogen-bond donors (Lipinski definition) is 1. The molecular weight excluding hydrogens is 198 g/mol. The van der Waals surface area contributed by atoms with E-state index in [4.69, 9.17) is 0 Å². The van der Waals surface area contributed by atoms with Crippen molar-refractivity contribution in [2.24, 2.45) is 0 Å². The molecule has 0 saturated heterocycles. The van der Waals surface area contributed by atoms with Crippen LogP contribution in [0, 0.1) is 6.92 Å². The van der Waals surface area contributed by atoms with Crippen LogP contribution in [0.2, 0.25) is 0 Å². The molecule has 2 rings (SSSR count). The van der Waals surface area contributed by atoms with Gasteiger partial charge in [-0.15, -0.1) is 0 Å². The van der Waals surface area contributed by atoms with Gasteiger partial charge in [-0.05, 0) is 25.1 Å². The highest BCUT2D eigenvalue weighted by molar-refractivity contribution is 5.76.